The molecule has 0 unspecified atom stereocenters. The van der Waals surface area contributed by atoms with Gasteiger partial charge in [0.25, 0.3) is 5.56 Å². The highest BCUT2D eigenvalue weighted by Gasteiger charge is 2.12. The summed E-state index contributed by atoms with van der Waals surface area (Å²) in [5, 5.41) is 0. The molecule has 0 spiro atoms. The van der Waals surface area contributed by atoms with E-state index in [-0.39, 0.29) is 12.1 Å². The SMILES string of the molecule is CCCOc1ccccc1-c1ccc(CN)c(=O)n1CC. The Bertz CT molecular complexity index is 662. The van der Waals surface area contributed by atoms with Crippen LogP contribution in [0.25, 0.3) is 11.3 Å². The van der Waals surface area contributed by atoms with Crippen molar-refractivity contribution in [3.63, 3.8) is 0 Å². The van der Waals surface area contributed by atoms with E-state index in [9.17, 15) is 4.79 Å². The fraction of sp³-hybridized carbons (Fsp3) is 0.353. The molecular formula is C17H22N2O2. The molecule has 1 aromatic carbocycles. The highest BCUT2D eigenvalue weighted by molar-refractivity contribution is 5.67. The van der Waals surface area contributed by atoms with Crippen LogP contribution in [0.15, 0.2) is 41.2 Å². The molecule has 0 saturated carbocycles. The first-order valence-electron chi connectivity index (χ1n) is 7.37. The Morgan fingerprint density at radius 1 is 1.14 bits per heavy atom. The van der Waals surface area contributed by atoms with Gasteiger partial charge in [-0.15, -0.1) is 0 Å². The van der Waals surface area contributed by atoms with Crippen LogP contribution in [0.2, 0.25) is 0 Å². The van der Waals surface area contributed by atoms with Gasteiger partial charge in [0.05, 0.1) is 12.3 Å². The lowest BCUT2D eigenvalue weighted by Crippen LogP contribution is -2.26. The van der Waals surface area contributed by atoms with E-state index >= 15 is 0 Å². The van der Waals surface area contributed by atoms with Gasteiger partial charge < -0.3 is 15.0 Å². The minimum atomic E-state index is -0.0252. The molecule has 2 N–H and O–H groups in total. The van der Waals surface area contributed by atoms with E-state index in [2.05, 4.69) is 6.92 Å². The molecule has 0 atom stereocenters. The first kappa shape index (κ1) is 15.3. The van der Waals surface area contributed by atoms with Crippen LogP contribution in [-0.2, 0) is 13.1 Å². The Kier molecular flexibility index (Phi) is 5.17. The summed E-state index contributed by atoms with van der Waals surface area (Å²) in [6.07, 6.45) is 0.945. The Morgan fingerprint density at radius 3 is 2.57 bits per heavy atom. The van der Waals surface area contributed by atoms with Crippen molar-refractivity contribution in [3.8, 4) is 17.0 Å². The van der Waals surface area contributed by atoms with Crippen molar-refractivity contribution in [2.75, 3.05) is 6.61 Å². The van der Waals surface area contributed by atoms with Crippen LogP contribution in [0.4, 0.5) is 0 Å². The lowest BCUT2D eigenvalue weighted by atomic mass is 10.1. The number of pyridine rings is 1. The van der Waals surface area contributed by atoms with Crippen molar-refractivity contribution >= 4 is 0 Å². The van der Waals surface area contributed by atoms with E-state index in [1.165, 1.54) is 0 Å². The van der Waals surface area contributed by atoms with E-state index in [0.29, 0.717) is 18.7 Å². The largest absolute Gasteiger partial charge is 0.493 e. The van der Waals surface area contributed by atoms with Crippen molar-refractivity contribution in [2.24, 2.45) is 5.73 Å². The molecule has 21 heavy (non-hydrogen) atoms. The van der Waals surface area contributed by atoms with E-state index in [1.54, 1.807) is 10.6 Å². The number of benzene rings is 1. The summed E-state index contributed by atoms with van der Waals surface area (Å²) in [5.41, 5.74) is 8.03. The van der Waals surface area contributed by atoms with Crippen molar-refractivity contribution in [3.05, 3.63) is 52.3 Å². The van der Waals surface area contributed by atoms with Crippen LogP contribution in [0.1, 0.15) is 25.8 Å². The minimum Gasteiger partial charge on any atom is -0.493 e. The Balaban J connectivity index is 2.57. The van der Waals surface area contributed by atoms with Gasteiger partial charge in [0.15, 0.2) is 0 Å². The molecular weight excluding hydrogens is 264 g/mol. The Labute approximate surface area is 125 Å². The number of rotatable bonds is 6. The number of hydrogen-bond acceptors (Lipinski definition) is 3. The van der Waals surface area contributed by atoms with Crippen LogP contribution in [-0.4, -0.2) is 11.2 Å². The predicted molar refractivity (Wildman–Crippen MR) is 85.5 cm³/mol. The maximum Gasteiger partial charge on any atom is 0.255 e. The van der Waals surface area contributed by atoms with Gasteiger partial charge in [-0.2, -0.15) is 0 Å². The normalized spacial score (nSPS) is 10.6. The number of nitrogens with two attached hydrogens (primary N) is 1. The van der Waals surface area contributed by atoms with Crippen LogP contribution in [0.5, 0.6) is 5.75 Å². The summed E-state index contributed by atoms with van der Waals surface area (Å²) in [4.78, 5) is 12.4. The quantitative estimate of drug-likeness (QED) is 0.888. The van der Waals surface area contributed by atoms with Gasteiger partial charge in [-0.05, 0) is 31.5 Å². The summed E-state index contributed by atoms with van der Waals surface area (Å²) in [5.74, 6) is 0.807. The third-order valence-corrected chi connectivity index (χ3v) is 3.41. The summed E-state index contributed by atoms with van der Waals surface area (Å²) in [6.45, 7) is 5.55. The first-order valence-corrected chi connectivity index (χ1v) is 7.37. The Morgan fingerprint density at radius 2 is 1.90 bits per heavy atom. The van der Waals surface area contributed by atoms with E-state index in [0.717, 1.165) is 23.4 Å². The van der Waals surface area contributed by atoms with Crippen molar-refractivity contribution < 1.29 is 4.74 Å². The average Bonchev–Trinajstić information content (AvgIpc) is 2.53. The lowest BCUT2D eigenvalue weighted by molar-refractivity contribution is 0.318. The van der Waals surface area contributed by atoms with Gasteiger partial charge in [0, 0.05) is 24.2 Å². The molecule has 2 aromatic rings. The summed E-state index contributed by atoms with van der Waals surface area (Å²) < 4.78 is 7.54. The van der Waals surface area contributed by atoms with Crippen LogP contribution >= 0.6 is 0 Å². The maximum absolute atomic E-state index is 12.4. The third-order valence-electron chi connectivity index (χ3n) is 3.41. The van der Waals surface area contributed by atoms with Crippen molar-refractivity contribution in [1.82, 2.24) is 4.57 Å². The van der Waals surface area contributed by atoms with Gasteiger partial charge in [-0.3, -0.25) is 4.79 Å². The molecule has 0 radical (unpaired) electrons. The molecule has 1 aromatic heterocycles. The zero-order valence-corrected chi connectivity index (χ0v) is 12.6. The van der Waals surface area contributed by atoms with Crippen LogP contribution < -0.4 is 16.0 Å². The van der Waals surface area contributed by atoms with Crippen LogP contribution in [0, 0.1) is 0 Å². The molecule has 0 bridgehead atoms. The van der Waals surface area contributed by atoms with E-state index < -0.39 is 0 Å². The van der Waals surface area contributed by atoms with Gasteiger partial charge >= 0.3 is 0 Å². The number of para-hydroxylation sites is 1. The topological polar surface area (TPSA) is 57.2 Å². The maximum atomic E-state index is 12.4. The molecule has 112 valence electrons. The minimum absolute atomic E-state index is 0.0252. The molecule has 0 aliphatic carbocycles. The molecule has 0 amide bonds. The highest BCUT2D eigenvalue weighted by atomic mass is 16.5. The third kappa shape index (κ3) is 3.16. The molecule has 0 aliphatic heterocycles. The number of nitrogens with zero attached hydrogens (tertiary/aromatic N) is 1. The molecule has 4 nitrogen and oxygen atoms in total. The van der Waals surface area contributed by atoms with E-state index in [4.69, 9.17) is 10.5 Å². The molecule has 0 fully saturated rings. The zero-order valence-electron chi connectivity index (χ0n) is 12.6. The smallest absolute Gasteiger partial charge is 0.255 e. The predicted octanol–water partition coefficient (Wildman–Crippen LogP) is 2.78. The molecule has 2 rings (SSSR count). The molecule has 0 aliphatic rings. The second-order valence-corrected chi connectivity index (χ2v) is 4.84. The van der Waals surface area contributed by atoms with Gasteiger partial charge in [0.1, 0.15) is 5.75 Å². The average molecular weight is 286 g/mol. The lowest BCUT2D eigenvalue weighted by Gasteiger charge is -2.16. The van der Waals surface area contributed by atoms with Crippen LogP contribution in [0.3, 0.4) is 0 Å². The Hall–Kier alpha value is -2.07. The summed E-state index contributed by atoms with van der Waals surface area (Å²) in [6, 6.07) is 11.6. The van der Waals surface area contributed by atoms with Crippen molar-refractivity contribution in [2.45, 2.75) is 33.4 Å². The second-order valence-electron chi connectivity index (χ2n) is 4.84. The van der Waals surface area contributed by atoms with E-state index in [1.807, 2.05) is 37.3 Å². The summed E-state index contributed by atoms with van der Waals surface area (Å²) in [7, 11) is 0. The molecule has 4 heteroatoms. The highest BCUT2D eigenvalue weighted by Crippen LogP contribution is 2.29. The number of hydrogen-bond donors (Lipinski definition) is 1. The number of ether oxygens (including phenoxy) is 1. The standard InChI is InChI=1S/C17H22N2O2/c1-3-11-21-16-8-6-5-7-14(16)15-10-9-13(12-18)17(20)19(15)4-2/h5-10H,3-4,11-12,18H2,1-2H3. The summed E-state index contributed by atoms with van der Waals surface area (Å²) >= 11 is 0. The van der Waals surface area contributed by atoms with Gasteiger partial charge in [-0.25, -0.2) is 0 Å². The second kappa shape index (κ2) is 7.09. The van der Waals surface area contributed by atoms with Gasteiger partial charge in [0.2, 0.25) is 0 Å². The number of aromatic nitrogens is 1. The van der Waals surface area contributed by atoms with Crippen molar-refractivity contribution in [1.29, 1.82) is 0 Å². The zero-order chi connectivity index (χ0) is 15.2. The fourth-order valence-corrected chi connectivity index (χ4v) is 2.34. The van der Waals surface area contributed by atoms with Gasteiger partial charge in [-0.1, -0.05) is 25.1 Å². The fourth-order valence-electron chi connectivity index (χ4n) is 2.34. The molecule has 0 saturated heterocycles. The first-order chi connectivity index (χ1) is 10.2. The monoisotopic (exact) mass is 286 g/mol. The molecule has 1 heterocycles.